The van der Waals surface area contributed by atoms with Crippen molar-refractivity contribution < 1.29 is 4.79 Å². The van der Waals surface area contributed by atoms with Crippen LogP contribution in [0.15, 0.2) is 46.2 Å². The highest BCUT2D eigenvalue weighted by Gasteiger charge is 2.28. The highest BCUT2D eigenvalue weighted by atomic mass is 35.5. The molecule has 0 spiro atoms. The number of pyridine rings is 1. The second-order valence-corrected chi connectivity index (χ2v) is 10.6. The van der Waals surface area contributed by atoms with E-state index >= 15 is 0 Å². The Balaban J connectivity index is 1.36. The van der Waals surface area contributed by atoms with E-state index in [9.17, 15) is 4.79 Å². The fraction of sp³-hybridized carbons (Fsp3) is 0.318. The molecule has 32 heavy (non-hydrogen) atoms. The summed E-state index contributed by atoms with van der Waals surface area (Å²) in [6.45, 7) is 4.26. The van der Waals surface area contributed by atoms with Crippen molar-refractivity contribution in [3.8, 4) is 11.3 Å². The van der Waals surface area contributed by atoms with E-state index in [1.165, 1.54) is 23.3 Å². The molecule has 0 aliphatic carbocycles. The fourth-order valence-corrected chi connectivity index (χ4v) is 5.90. The summed E-state index contributed by atoms with van der Waals surface area (Å²) in [4.78, 5) is 23.6. The number of amides is 1. The molecule has 10 heteroatoms. The number of halogens is 2. The maximum atomic E-state index is 12.4. The molecule has 2 N–H and O–H groups in total. The summed E-state index contributed by atoms with van der Waals surface area (Å²) in [7, 11) is 0. The van der Waals surface area contributed by atoms with Gasteiger partial charge in [-0.25, -0.2) is 9.97 Å². The van der Waals surface area contributed by atoms with E-state index in [4.69, 9.17) is 28.9 Å². The van der Waals surface area contributed by atoms with E-state index in [0.29, 0.717) is 15.9 Å². The lowest BCUT2D eigenvalue weighted by Crippen LogP contribution is -2.43. The van der Waals surface area contributed by atoms with Crippen molar-refractivity contribution in [3.05, 3.63) is 57.5 Å². The predicted octanol–water partition coefficient (Wildman–Crippen LogP) is 5.61. The van der Waals surface area contributed by atoms with Crippen LogP contribution >= 0.6 is 46.5 Å². The van der Waals surface area contributed by atoms with Gasteiger partial charge < -0.3 is 5.73 Å². The van der Waals surface area contributed by atoms with Crippen molar-refractivity contribution in [2.24, 2.45) is 0 Å². The van der Waals surface area contributed by atoms with Crippen LogP contribution in [0.1, 0.15) is 25.3 Å². The molecule has 0 radical (unpaired) electrons. The Hall–Kier alpha value is -1.84. The first kappa shape index (κ1) is 23.3. The van der Waals surface area contributed by atoms with Gasteiger partial charge in [0.05, 0.1) is 15.7 Å². The first-order chi connectivity index (χ1) is 15.4. The number of likely N-dealkylation sites (tertiary alicyclic amines) is 1. The molecular weight excluding hydrogens is 485 g/mol. The zero-order valence-corrected chi connectivity index (χ0v) is 20.6. The van der Waals surface area contributed by atoms with Gasteiger partial charge >= 0.3 is 0 Å². The molecule has 1 aliphatic rings. The molecule has 1 amide bonds. The molecule has 1 saturated heterocycles. The first-order valence-electron chi connectivity index (χ1n) is 10.2. The number of thiazole rings is 1. The van der Waals surface area contributed by atoms with E-state index in [2.05, 4.69) is 14.9 Å². The summed E-state index contributed by atoms with van der Waals surface area (Å²) in [5, 5.41) is 3.13. The molecule has 2 aromatic heterocycles. The number of rotatable bonds is 6. The third-order valence-electron chi connectivity index (χ3n) is 5.33. The molecule has 3 aromatic rings. The maximum absolute atomic E-state index is 12.4. The fourth-order valence-electron chi connectivity index (χ4n) is 3.68. The van der Waals surface area contributed by atoms with Crippen LogP contribution in [-0.4, -0.2) is 44.2 Å². The number of carbonyl (C=O) groups excluding carboxylic acids is 1. The third kappa shape index (κ3) is 5.74. The van der Waals surface area contributed by atoms with Gasteiger partial charge in [-0.1, -0.05) is 29.3 Å². The smallest absolute Gasteiger partial charge is 0.229 e. The summed E-state index contributed by atoms with van der Waals surface area (Å²) in [5.74, 6) is 0.524. The van der Waals surface area contributed by atoms with Crippen LogP contribution in [-0.2, 0) is 11.3 Å². The number of nitrogen functional groups attached to an aromatic ring is 1. The molecular formula is C22H23Cl2N5OS2. The summed E-state index contributed by atoms with van der Waals surface area (Å²) in [6, 6.07) is 9.60. The number of hydrogen-bond donors (Lipinski definition) is 1. The standard InChI is InChI=1S/C22H23Cl2N5OS2/c1-14(30)29(32-22-27-20(13-31-22)16-3-5-21(25)26-11-16)17-6-8-28(9-7-17)12-15-2-4-18(23)19(24)10-15/h2-5,10-11,13,17H,6-9,12H2,1H3,(H2,25,26). The SMILES string of the molecule is CC(=O)N(Sc1nc(-c2ccc(N)nc2)cs1)C1CCN(Cc2ccc(Cl)c(Cl)c2)CC1. The minimum Gasteiger partial charge on any atom is -0.384 e. The molecule has 0 bridgehead atoms. The monoisotopic (exact) mass is 507 g/mol. The maximum Gasteiger partial charge on any atom is 0.229 e. The van der Waals surface area contributed by atoms with Crippen molar-refractivity contribution in [1.82, 2.24) is 19.2 Å². The molecule has 3 heterocycles. The van der Waals surface area contributed by atoms with E-state index in [1.807, 2.05) is 34.0 Å². The Morgan fingerprint density at radius 3 is 2.69 bits per heavy atom. The Morgan fingerprint density at radius 1 is 1.25 bits per heavy atom. The zero-order valence-electron chi connectivity index (χ0n) is 17.5. The Morgan fingerprint density at radius 2 is 2.03 bits per heavy atom. The van der Waals surface area contributed by atoms with Gasteiger partial charge in [0.25, 0.3) is 0 Å². The van der Waals surface area contributed by atoms with Gasteiger partial charge in [-0.3, -0.25) is 14.0 Å². The lowest BCUT2D eigenvalue weighted by atomic mass is 10.0. The minimum absolute atomic E-state index is 0.0452. The summed E-state index contributed by atoms with van der Waals surface area (Å²) < 4.78 is 2.71. The number of nitrogens with two attached hydrogens (primary N) is 1. The van der Waals surface area contributed by atoms with Crippen LogP contribution < -0.4 is 5.73 Å². The van der Waals surface area contributed by atoms with Crippen molar-refractivity contribution >= 4 is 58.2 Å². The molecule has 1 aliphatic heterocycles. The van der Waals surface area contributed by atoms with Gasteiger partial charge in [-0.05, 0) is 42.7 Å². The number of aromatic nitrogens is 2. The molecule has 0 saturated carbocycles. The molecule has 1 aromatic carbocycles. The highest BCUT2D eigenvalue weighted by molar-refractivity contribution is 7.99. The summed E-state index contributed by atoms with van der Waals surface area (Å²) in [6.07, 6.45) is 3.53. The van der Waals surface area contributed by atoms with Gasteiger partial charge in [0.2, 0.25) is 5.91 Å². The van der Waals surface area contributed by atoms with E-state index in [0.717, 1.165) is 53.6 Å². The van der Waals surface area contributed by atoms with Crippen molar-refractivity contribution in [2.45, 2.75) is 36.7 Å². The second kappa shape index (κ2) is 10.4. The second-order valence-electron chi connectivity index (χ2n) is 7.66. The highest BCUT2D eigenvalue weighted by Crippen LogP contribution is 2.34. The molecule has 0 atom stereocenters. The van der Waals surface area contributed by atoms with E-state index < -0.39 is 0 Å². The number of hydrogen-bond acceptors (Lipinski definition) is 7. The quantitative estimate of drug-likeness (QED) is 0.436. The Kier molecular flexibility index (Phi) is 7.58. The van der Waals surface area contributed by atoms with Crippen LogP contribution in [0.25, 0.3) is 11.3 Å². The average molecular weight is 509 g/mol. The largest absolute Gasteiger partial charge is 0.384 e. The number of carbonyl (C=O) groups is 1. The van der Waals surface area contributed by atoms with Crippen molar-refractivity contribution in [2.75, 3.05) is 18.8 Å². The average Bonchev–Trinajstić information content (AvgIpc) is 3.24. The summed E-state index contributed by atoms with van der Waals surface area (Å²) in [5.41, 5.74) is 8.55. The number of benzene rings is 1. The van der Waals surface area contributed by atoms with Gasteiger partial charge in [0, 0.05) is 61.7 Å². The number of nitrogens with zero attached hydrogens (tertiary/aromatic N) is 4. The number of anilines is 1. The van der Waals surface area contributed by atoms with Gasteiger partial charge in [-0.15, -0.1) is 11.3 Å². The molecule has 6 nitrogen and oxygen atoms in total. The lowest BCUT2D eigenvalue weighted by Gasteiger charge is -2.37. The normalized spacial score (nSPS) is 15.1. The molecule has 4 rings (SSSR count). The van der Waals surface area contributed by atoms with Crippen LogP contribution in [0.2, 0.25) is 10.0 Å². The van der Waals surface area contributed by atoms with Crippen LogP contribution in [0, 0.1) is 0 Å². The van der Waals surface area contributed by atoms with Crippen LogP contribution in [0.5, 0.6) is 0 Å². The topological polar surface area (TPSA) is 75.3 Å². The third-order valence-corrected chi connectivity index (χ3v) is 8.22. The Bertz CT molecular complexity index is 1080. The molecule has 1 fully saturated rings. The molecule has 168 valence electrons. The van der Waals surface area contributed by atoms with Gasteiger partial charge in [-0.2, -0.15) is 0 Å². The van der Waals surface area contributed by atoms with Crippen LogP contribution in [0.3, 0.4) is 0 Å². The zero-order chi connectivity index (χ0) is 22.7. The van der Waals surface area contributed by atoms with Crippen LogP contribution in [0.4, 0.5) is 5.82 Å². The summed E-state index contributed by atoms with van der Waals surface area (Å²) >= 11 is 15.1. The van der Waals surface area contributed by atoms with Crippen molar-refractivity contribution in [1.29, 1.82) is 0 Å². The first-order valence-corrected chi connectivity index (χ1v) is 12.6. The van der Waals surface area contributed by atoms with Gasteiger partial charge in [0.1, 0.15) is 5.82 Å². The minimum atomic E-state index is 0.0452. The number of piperidine rings is 1. The molecule has 0 unspecified atom stereocenters. The van der Waals surface area contributed by atoms with Crippen molar-refractivity contribution in [3.63, 3.8) is 0 Å². The lowest BCUT2D eigenvalue weighted by molar-refractivity contribution is -0.125. The van der Waals surface area contributed by atoms with Gasteiger partial charge in [0.15, 0.2) is 4.34 Å². The van der Waals surface area contributed by atoms with E-state index in [1.54, 1.807) is 19.2 Å². The Labute approximate surface area is 205 Å². The predicted molar refractivity (Wildman–Crippen MR) is 133 cm³/mol. The van der Waals surface area contributed by atoms with E-state index in [-0.39, 0.29) is 11.9 Å².